The van der Waals surface area contributed by atoms with Crippen molar-refractivity contribution >= 4 is 11.8 Å². The summed E-state index contributed by atoms with van der Waals surface area (Å²) in [7, 11) is 0. The Kier molecular flexibility index (Phi) is 6.21. The second-order valence-corrected chi connectivity index (χ2v) is 5.06. The number of nitrogens with two attached hydrogens (primary N) is 1. The van der Waals surface area contributed by atoms with Crippen LogP contribution < -0.4 is 10.5 Å². The van der Waals surface area contributed by atoms with E-state index in [1.54, 1.807) is 24.3 Å². The molecule has 1 rings (SSSR count). The summed E-state index contributed by atoms with van der Waals surface area (Å²) in [5.41, 5.74) is 5.66. The van der Waals surface area contributed by atoms with Crippen molar-refractivity contribution in [3.63, 3.8) is 0 Å². The number of primary amides is 1. The van der Waals surface area contributed by atoms with Crippen LogP contribution in [0, 0.1) is 17.2 Å². The first kappa shape index (κ1) is 16.5. The molecule has 0 saturated carbocycles. The van der Waals surface area contributed by atoms with Gasteiger partial charge in [-0.2, -0.15) is 5.26 Å². The molecule has 0 saturated heterocycles. The topological polar surface area (TPSA) is 96.4 Å². The van der Waals surface area contributed by atoms with Crippen molar-refractivity contribution in [2.24, 2.45) is 11.7 Å². The van der Waals surface area contributed by atoms with Crippen LogP contribution in [0.5, 0.6) is 5.75 Å². The number of amides is 2. The van der Waals surface area contributed by atoms with Crippen LogP contribution in [-0.4, -0.2) is 36.4 Å². The van der Waals surface area contributed by atoms with Crippen molar-refractivity contribution in [2.75, 3.05) is 19.7 Å². The molecule has 112 valence electrons. The minimum absolute atomic E-state index is 0.117. The van der Waals surface area contributed by atoms with Crippen LogP contribution in [0.25, 0.3) is 0 Å². The van der Waals surface area contributed by atoms with E-state index in [9.17, 15) is 9.59 Å². The normalized spacial score (nSPS) is 10.0. The highest BCUT2D eigenvalue weighted by atomic mass is 16.5. The zero-order chi connectivity index (χ0) is 15.8. The number of ether oxygens (including phenoxy) is 1. The number of carbonyl (C=O) groups excluding carboxylic acids is 2. The molecule has 21 heavy (non-hydrogen) atoms. The van der Waals surface area contributed by atoms with Crippen molar-refractivity contribution in [1.29, 1.82) is 5.26 Å². The van der Waals surface area contributed by atoms with E-state index in [1.165, 1.54) is 4.90 Å². The van der Waals surface area contributed by atoms with Crippen molar-refractivity contribution in [3.8, 4) is 11.8 Å². The Morgan fingerprint density at radius 2 is 1.95 bits per heavy atom. The van der Waals surface area contributed by atoms with Crippen LogP contribution >= 0.6 is 0 Å². The SMILES string of the molecule is CC(C)CN(CC(N)=O)C(=O)COc1ccc(C#N)cc1. The predicted molar refractivity (Wildman–Crippen MR) is 77.3 cm³/mol. The maximum Gasteiger partial charge on any atom is 0.260 e. The van der Waals surface area contributed by atoms with E-state index in [0.29, 0.717) is 17.9 Å². The molecule has 0 aliphatic heterocycles. The summed E-state index contributed by atoms with van der Waals surface area (Å²) in [4.78, 5) is 24.4. The van der Waals surface area contributed by atoms with E-state index in [1.807, 2.05) is 19.9 Å². The van der Waals surface area contributed by atoms with Gasteiger partial charge in [-0.3, -0.25) is 9.59 Å². The molecule has 0 bridgehead atoms. The third-order valence-electron chi connectivity index (χ3n) is 2.63. The van der Waals surface area contributed by atoms with Gasteiger partial charge in [0.2, 0.25) is 5.91 Å². The van der Waals surface area contributed by atoms with Crippen molar-refractivity contribution < 1.29 is 14.3 Å². The lowest BCUT2D eigenvalue weighted by Crippen LogP contribution is -2.42. The molecular formula is C15H19N3O3. The Hall–Kier alpha value is -2.55. The minimum atomic E-state index is -0.553. The summed E-state index contributed by atoms with van der Waals surface area (Å²) in [6.07, 6.45) is 0. The van der Waals surface area contributed by atoms with Crippen LogP contribution in [0.15, 0.2) is 24.3 Å². The van der Waals surface area contributed by atoms with Crippen molar-refractivity contribution in [2.45, 2.75) is 13.8 Å². The lowest BCUT2D eigenvalue weighted by molar-refractivity contribution is -0.137. The second-order valence-electron chi connectivity index (χ2n) is 5.06. The highest BCUT2D eigenvalue weighted by molar-refractivity contribution is 5.84. The van der Waals surface area contributed by atoms with E-state index in [2.05, 4.69) is 0 Å². The maximum absolute atomic E-state index is 12.1. The Morgan fingerprint density at radius 1 is 1.33 bits per heavy atom. The number of benzene rings is 1. The van der Waals surface area contributed by atoms with E-state index in [0.717, 1.165) is 0 Å². The quantitative estimate of drug-likeness (QED) is 0.806. The molecule has 0 radical (unpaired) electrons. The summed E-state index contributed by atoms with van der Waals surface area (Å²) in [6.45, 7) is 4.05. The molecule has 0 fully saturated rings. The van der Waals surface area contributed by atoms with Gasteiger partial charge in [0.25, 0.3) is 5.91 Å². The summed E-state index contributed by atoms with van der Waals surface area (Å²) in [5, 5.41) is 8.69. The van der Waals surface area contributed by atoms with Crippen LogP contribution in [0.2, 0.25) is 0 Å². The van der Waals surface area contributed by atoms with Gasteiger partial charge < -0.3 is 15.4 Å². The maximum atomic E-state index is 12.1. The molecule has 0 atom stereocenters. The summed E-state index contributed by atoms with van der Waals surface area (Å²) >= 11 is 0. The Bertz CT molecular complexity index is 532. The van der Waals surface area contributed by atoms with Gasteiger partial charge in [-0.25, -0.2) is 0 Å². The largest absolute Gasteiger partial charge is 0.484 e. The standard InChI is InChI=1S/C15H19N3O3/c1-11(2)8-18(9-14(17)19)15(20)10-21-13-5-3-12(7-16)4-6-13/h3-6,11H,8-10H2,1-2H3,(H2,17,19). The predicted octanol–water partition coefficient (Wildman–Crippen LogP) is 0.907. The number of nitrogens with zero attached hydrogens (tertiary/aromatic N) is 2. The molecule has 0 aromatic heterocycles. The average Bonchev–Trinajstić information content (AvgIpc) is 2.43. The molecule has 0 spiro atoms. The van der Waals surface area contributed by atoms with E-state index >= 15 is 0 Å². The van der Waals surface area contributed by atoms with Gasteiger partial charge in [0.05, 0.1) is 18.2 Å². The van der Waals surface area contributed by atoms with Crippen molar-refractivity contribution in [3.05, 3.63) is 29.8 Å². The average molecular weight is 289 g/mol. The highest BCUT2D eigenvalue weighted by Crippen LogP contribution is 2.11. The van der Waals surface area contributed by atoms with Gasteiger partial charge in [-0.05, 0) is 30.2 Å². The zero-order valence-electron chi connectivity index (χ0n) is 12.2. The fourth-order valence-electron chi connectivity index (χ4n) is 1.75. The molecule has 0 aliphatic rings. The molecule has 2 N–H and O–H groups in total. The number of nitriles is 1. The molecule has 0 heterocycles. The van der Waals surface area contributed by atoms with E-state index in [4.69, 9.17) is 15.7 Å². The second kappa shape index (κ2) is 7.90. The molecule has 2 amide bonds. The summed E-state index contributed by atoms with van der Waals surface area (Å²) in [5.74, 6) is -0.136. The lowest BCUT2D eigenvalue weighted by Gasteiger charge is -2.23. The number of rotatable bonds is 7. The number of hydrogen-bond donors (Lipinski definition) is 1. The molecule has 6 heteroatoms. The molecule has 1 aromatic carbocycles. The van der Waals surface area contributed by atoms with Gasteiger partial charge in [0.1, 0.15) is 5.75 Å². The monoisotopic (exact) mass is 289 g/mol. The smallest absolute Gasteiger partial charge is 0.260 e. The third kappa shape index (κ3) is 5.95. The van der Waals surface area contributed by atoms with Crippen LogP contribution in [-0.2, 0) is 9.59 Å². The highest BCUT2D eigenvalue weighted by Gasteiger charge is 2.17. The van der Waals surface area contributed by atoms with E-state index < -0.39 is 5.91 Å². The van der Waals surface area contributed by atoms with Crippen LogP contribution in [0.4, 0.5) is 0 Å². The third-order valence-corrected chi connectivity index (χ3v) is 2.63. The molecule has 0 unspecified atom stereocenters. The Balaban J connectivity index is 2.59. The first-order valence-corrected chi connectivity index (χ1v) is 6.61. The van der Waals surface area contributed by atoms with Gasteiger partial charge in [-0.1, -0.05) is 13.8 Å². The molecule has 1 aromatic rings. The van der Waals surface area contributed by atoms with Gasteiger partial charge in [0.15, 0.2) is 6.61 Å². The first-order valence-electron chi connectivity index (χ1n) is 6.61. The van der Waals surface area contributed by atoms with Gasteiger partial charge >= 0.3 is 0 Å². The Morgan fingerprint density at radius 3 is 2.43 bits per heavy atom. The number of carbonyl (C=O) groups is 2. The fourth-order valence-corrected chi connectivity index (χ4v) is 1.75. The first-order chi connectivity index (χ1) is 9.92. The van der Waals surface area contributed by atoms with Crippen LogP contribution in [0.1, 0.15) is 19.4 Å². The number of hydrogen-bond acceptors (Lipinski definition) is 4. The minimum Gasteiger partial charge on any atom is -0.484 e. The van der Waals surface area contributed by atoms with Gasteiger partial charge in [-0.15, -0.1) is 0 Å². The summed E-state index contributed by atoms with van der Waals surface area (Å²) < 4.78 is 5.36. The van der Waals surface area contributed by atoms with Crippen molar-refractivity contribution in [1.82, 2.24) is 4.90 Å². The molecular weight excluding hydrogens is 270 g/mol. The Labute approximate surface area is 124 Å². The fraction of sp³-hybridized carbons (Fsp3) is 0.400. The van der Waals surface area contributed by atoms with Crippen LogP contribution in [0.3, 0.4) is 0 Å². The van der Waals surface area contributed by atoms with E-state index in [-0.39, 0.29) is 25.0 Å². The lowest BCUT2D eigenvalue weighted by atomic mass is 10.2. The zero-order valence-corrected chi connectivity index (χ0v) is 12.2. The van der Waals surface area contributed by atoms with Gasteiger partial charge in [0, 0.05) is 6.54 Å². The molecule has 6 nitrogen and oxygen atoms in total. The summed E-state index contributed by atoms with van der Waals surface area (Å²) in [6, 6.07) is 8.45. The molecule has 0 aliphatic carbocycles.